The Kier molecular flexibility index (Phi) is 4.61. The predicted molar refractivity (Wildman–Crippen MR) is 113 cm³/mol. The van der Waals surface area contributed by atoms with E-state index >= 15 is 0 Å². The van der Waals surface area contributed by atoms with Crippen molar-refractivity contribution in [1.82, 2.24) is 5.32 Å². The summed E-state index contributed by atoms with van der Waals surface area (Å²) >= 11 is 0. The highest BCUT2D eigenvalue weighted by molar-refractivity contribution is 7.93. The van der Waals surface area contributed by atoms with E-state index in [-0.39, 0.29) is 22.3 Å². The first-order valence-corrected chi connectivity index (χ1v) is 12.9. The second-order valence-electron chi connectivity index (χ2n) is 10.5. The molecule has 0 heterocycles. The van der Waals surface area contributed by atoms with Gasteiger partial charge in [-0.05, 0) is 93.6 Å². The Hall–Kier alpha value is -1.36. The van der Waals surface area contributed by atoms with Crippen molar-refractivity contribution in [1.29, 1.82) is 0 Å². The molecule has 29 heavy (non-hydrogen) atoms. The van der Waals surface area contributed by atoms with Crippen LogP contribution in [0.15, 0.2) is 35.2 Å². The first-order valence-electron chi connectivity index (χ1n) is 11.5. The van der Waals surface area contributed by atoms with E-state index in [9.17, 15) is 13.2 Å². The van der Waals surface area contributed by atoms with E-state index < -0.39 is 14.6 Å². The van der Waals surface area contributed by atoms with Gasteiger partial charge in [-0.3, -0.25) is 4.79 Å². The van der Waals surface area contributed by atoms with Gasteiger partial charge in [0.05, 0.1) is 4.90 Å². The van der Waals surface area contributed by atoms with Crippen LogP contribution in [0.1, 0.15) is 71.1 Å². The minimum absolute atomic E-state index is 0.0480. The molecule has 5 saturated carbocycles. The van der Waals surface area contributed by atoms with E-state index in [4.69, 9.17) is 0 Å². The van der Waals surface area contributed by atoms with Crippen LogP contribution in [0.4, 0.5) is 0 Å². The minimum Gasteiger partial charge on any atom is -0.352 e. The van der Waals surface area contributed by atoms with Gasteiger partial charge in [0.15, 0.2) is 14.6 Å². The van der Waals surface area contributed by atoms with E-state index in [1.807, 2.05) is 6.07 Å². The topological polar surface area (TPSA) is 63.2 Å². The van der Waals surface area contributed by atoms with E-state index in [0.717, 1.165) is 30.6 Å². The van der Waals surface area contributed by atoms with Gasteiger partial charge in [-0.25, -0.2) is 8.42 Å². The Labute approximate surface area is 174 Å². The van der Waals surface area contributed by atoms with Gasteiger partial charge in [0.1, 0.15) is 0 Å². The van der Waals surface area contributed by atoms with Crippen molar-refractivity contribution in [2.75, 3.05) is 0 Å². The zero-order valence-corrected chi connectivity index (χ0v) is 18.2. The highest BCUT2D eigenvalue weighted by Gasteiger charge is 2.56. The summed E-state index contributed by atoms with van der Waals surface area (Å²) in [5.41, 5.74) is 0.181. The third-order valence-corrected chi connectivity index (χ3v) is 11.3. The summed E-state index contributed by atoms with van der Waals surface area (Å²) in [6.45, 7) is 2.14. The van der Waals surface area contributed by atoms with Gasteiger partial charge in [-0.15, -0.1) is 0 Å². The summed E-state index contributed by atoms with van der Waals surface area (Å²) in [4.78, 5) is 13.9. The zero-order valence-electron chi connectivity index (χ0n) is 17.4. The zero-order chi connectivity index (χ0) is 20.3. The molecule has 1 atom stereocenters. The first kappa shape index (κ1) is 19.6. The van der Waals surface area contributed by atoms with Gasteiger partial charge in [0, 0.05) is 6.04 Å². The summed E-state index contributed by atoms with van der Waals surface area (Å²) in [6, 6.07) is 8.61. The summed E-state index contributed by atoms with van der Waals surface area (Å²) in [5, 5.41) is 3.28. The summed E-state index contributed by atoms with van der Waals surface area (Å²) < 4.78 is 25.8. The Balaban J connectivity index is 1.41. The van der Waals surface area contributed by atoms with Gasteiger partial charge in [-0.1, -0.05) is 31.0 Å². The number of carbonyl (C=O) groups is 1. The molecule has 5 aliphatic rings. The highest BCUT2D eigenvalue weighted by Crippen LogP contribution is 2.61. The van der Waals surface area contributed by atoms with E-state index in [0.29, 0.717) is 12.8 Å². The molecule has 1 aromatic rings. The average molecular weight is 416 g/mol. The van der Waals surface area contributed by atoms with Crippen molar-refractivity contribution in [3.8, 4) is 0 Å². The molecule has 5 fully saturated rings. The van der Waals surface area contributed by atoms with Crippen LogP contribution in [0.2, 0.25) is 0 Å². The minimum atomic E-state index is -3.71. The number of rotatable bonds is 5. The molecule has 0 aliphatic heterocycles. The normalized spacial score (nSPS) is 36.1. The maximum absolute atomic E-state index is 13.6. The number of carbonyl (C=O) groups excluding carboxylic acids is 1. The molecule has 0 radical (unpaired) electrons. The maximum Gasteiger partial charge on any atom is 0.242 e. The summed E-state index contributed by atoms with van der Waals surface area (Å²) in [7, 11) is -3.71. The lowest BCUT2D eigenvalue weighted by Crippen LogP contribution is -2.60. The fraction of sp³-hybridized carbons (Fsp3) is 0.708. The van der Waals surface area contributed by atoms with Crippen LogP contribution in [-0.4, -0.2) is 25.1 Å². The molecule has 158 valence electrons. The van der Waals surface area contributed by atoms with E-state index in [1.54, 1.807) is 24.3 Å². The van der Waals surface area contributed by atoms with Crippen molar-refractivity contribution in [2.45, 2.75) is 86.8 Å². The summed E-state index contributed by atoms with van der Waals surface area (Å²) in [5.74, 6) is 2.19. The lowest BCUT2D eigenvalue weighted by molar-refractivity contribution is -0.128. The lowest BCUT2D eigenvalue weighted by Gasteiger charge is -2.59. The Morgan fingerprint density at radius 1 is 0.966 bits per heavy atom. The lowest BCUT2D eigenvalue weighted by atomic mass is 9.48. The molecule has 1 unspecified atom stereocenters. The molecule has 0 aromatic heterocycles. The van der Waals surface area contributed by atoms with Gasteiger partial charge >= 0.3 is 0 Å². The fourth-order valence-electron chi connectivity index (χ4n) is 7.58. The van der Waals surface area contributed by atoms with Crippen LogP contribution in [0.3, 0.4) is 0 Å². The fourth-order valence-corrected chi connectivity index (χ4v) is 9.67. The van der Waals surface area contributed by atoms with Crippen LogP contribution >= 0.6 is 0 Å². The number of sulfone groups is 1. The maximum atomic E-state index is 13.6. The predicted octanol–water partition coefficient (Wildman–Crippen LogP) is 4.49. The van der Waals surface area contributed by atoms with Crippen LogP contribution in [0.5, 0.6) is 0 Å². The number of hydrogen-bond acceptors (Lipinski definition) is 3. The molecule has 4 bridgehead atoms. The molecule has 1 N–H and O–H groups in total. The van der Waals surface area contributed by atoms with Crippen LogP contribution < -0.4 is 5.32 Å². The molecule has 6 rings (SSSR count). The molecule has 5 aliphatic carbocycles. The van der Waals surface area contributed by atoms with Crippen molar-refractivity contribution in [2.24, 2.45) is 23.2 Å². The number of nitrogens with one attached hydrogen (secondary N) is 1. The van der Waals surface area contributed by atoms with E-state index in [2.05, 4.69) is 12.2 Å². The van der Waals surface area contributed by atoms with Crippen molar-refractivity contribution >= 4 is 15.7 Å². The monoisotopic (exact) mass is 415 g/mol. The SMILES string of the molecule is CC(NC(=O)C1(S(=O)(=O)c2ccccc2)CCCC1)C12CC3CC(CC(C3)C1)C2. The third kappa shape index (κ3) is 2.98. The van der Waals surface area contributed by atoms with Gasteiger partial charge in [0.25, 0.3) is 0 Å². The molecular formula is C24H33NO3S. The Bertz CT molecular complexity index is 851. The second kappa shape index (κ2) is 6.83. The van der Waals surface area contributed by atoms with Gasteiger partial charge in [-0.2, -0.15) is 0 Å². The van der Waals surface area contributed by atoms with Crippen LogP contribution in [0, 0.1) is 23.2 Å². The smallest absolute Gasteiger partial charge is 0.242 e. The van der Waals surface area contributed by atoms with Gasteiger partial charge < -0.3 is 5.32 Å². The van der Waals surface area contributed by atoms with E-state index in [1.165, 1.54) is 38.5 Å². The van der Waals surface area contributed by atoms with Crippen LogP contribution in [-0.2, 0) is 14.6 Å². The van der Waals surface area contributed by atoms with Crippen molar-refractivity contribution < 1.29 is 13.2 Å². The third-order valence-electron chi connectivity index (χ3n) is 8.74. The molecule has 1 aromatic carbocycles. The second-order valence-corrected chi connectivity index (χ2v) is 12.8. The quantitative estimate of drug-likeness (QED) is 0.770. The largest absolute Gasteiger partial charge is 0.352 e. The van der Waals surface area contributed by atoms with Crippen LogP contribution in [0.25, 0.3) is 0 Å². The number of hydrogen-bond donors (Lipinski definition) is 1. The van der Waals surface area contributed by atoms with Gasteiger partial charge in [0.2, 0.25) is 5.91 Å². The summed E-state index contributed by atoms with van der Waals surface area (Å²) in [6.07, 6.45) is 10.2. The molecule has 0 saturated heterocycles. The Morgan fingerprint density at radius 2 is 1.48 bits per heavy atom. The number of amides is 1. The molecule has 0 spiro atoms. The Morgan fingerprint density at radius 3 is 2.00 bits per heavy atom. The standard InChI is InChI=1S/C24H33NO3S/c1-17(23-14-18-11-19(15-23)13-20(12-18)16-23)25-22(26)24(9-5-6-10-24)29(27,28)21-7-3-2-4-8-21/h2-4,7-8,17-20H,5-6,9-16H2,1H3,(H,25,26). The van der Waals surface area contributed by atoms with Crippen molar-refractivity contribution in [3.63, 3.8) is 0 Å². The molecule has 5 heteroatoms. The molecule has 4 nitrogen and oxygen atoms in total. The average Bonchev–Trinajstić information content (AvgIpc) is 3.19. The first-order chi connectivity index (χ1) is 13.8. The molecular weight excluding hydrogens is 382 g/mol. The molecule has 1 amide bonds. The van der Waals surface area contributed by atoms with Crippen molar-refractivity contribution in [3.05, 3.63) is 30.3 Å². The number of benzene rings is 1. The highest BCUT2D eigenvalue weighted by atomic mass is 32.2.